The van der Waals surface area contributed by atoms with Crippen LogP contribution in [0, 0.1) is 12.7 Å². The standard InChI is InChI=1S/C21H24FNO3/c1-5-13(2)17-8-6-7-9-19(17)23-20(24)15(4)26-21(25)16-11-10-14(3)18(22)12-16/h6-13,15H,5H2,1-4H3,(H,23,24)/t13-,15-/m1/s1. The largest absolute Gasteiger partial charge is 0.449 e. The lowest BCUT2D eigenvalue weighted by Gasteiger charge is -2.18. The van der Waals surface area contributed by atoms with E-state index in [0.29, 0.717) is 17.2 Å². The Balaban J connectivity index is 2.06. The summed E-state index contributed by atoms with van der Waals surface area (Å²) in [4.78, 5) is 24.5. The van der Waals surface area contributed by atoms with Gasteiger partial charge >= 0.3 is 5.97 Å². The fraction of sp³-hybridized carbons (Fsp3) is 0.333. The molecule has 1 amide bonds. The summed E-state index contributed by atoms with van der Waals surface area (Å²) in [6.45, 7) is 7.26. The predicted octanol–water partition coefficient (Wildman–Crippen LogP) is 4.83. The highest BCUT2D eigenvalue weighted by Gasteiger charge is 2.21. The number of benzene rings is 2. The number of rotatable bonds is 6. The number of nitrogens with one attached hydrogen (secondary N) is 1. The fourth-order valence-electron chi connectivity index (χ4n) is 2.50. The van der Waals surface area contributed by atoms with Crippen LogP contribution in [0.5, 0.6) is 0 Å². The minimum absolute atomic E-state index is 0.0766. The zero-order valence-corrected chi connectivity index (χ0v) is 15.5. The number of hydrogen-bond acceptors (Lipinski definition) is 3. The Morgan fingerprint density at radius 2 is 1.85 bits per heavy atom. The van der Waals surface area contributed by atoms with Gasteiger partial charge in [0.25, 0.3) is 5.91 Å². The topological polar surface area (TPSA) is 55.4 Å². The third kappa shape index (κ3) is 4.69. The Bertz CT molecular complexity index is 804. The minimum Gasteiger partial charge on any atom is -0.449 e. The minimum atomic E-state index is -1.00. The number of esters is 1. The third-order valence-electron chi connectivity index (χ3n) is 4.42. The Morgan fingerprint density at radius 3 is 2.50 bits per heavy atom. The first-order chi connectivity index (χ1) is 12.3. The van der Waals surface area contributed by atoms with Crippen molar-refractivity contribution in [3.8, 4) is 0 Å². The first-order valence-corrected chi connectivity index (χ1v) is 8.70. The van der Waals surface area contributed by atoms with Gasteiger partial charge in [-0.05, 0) is 55.5 Å². The second-order valence-corrected chi connectivity index (χ2v) is 6.40. The maximum Gasteiger partial charge on any atom is 0.339 e. The highest BCUT2D eigenvalue weighted by molar-refractivity contribution is 5.97. The summed E-state index contributed by atoms with van der Waals surface area (Å²) in [5, 5.41) is 2.81. The van der Waals surface area contributed by atoms with Crippen LogP contribution < -0.4 is 5.32 Å². The van der Waals surface area contributed by atoms with Crippen molar-refractivity contribution in [1.29, 1.82) is 0 Å². The first kappa shape index (κ1) is 19.6. The fourth-order valence-corrected chi connectivity index (χ4v) is 2.50. The number of halogens is 1. The second-order valence-electron chi connectivity index (χ2n) is 6.40. The monoisotopic (exact) mass is 357 g/mol. The van der Waals surface area contributed by atoms with Crippen LogP contribution in [0.2, 0.25) is 0 Å². The van der Waals surface area contributed by atoms with Gasteiger partial charge in [-0.15, -0.1) is 0 Å². The molecular weight excluding hydrogens is 333 g/mol. The lowest BCUT2D eigenvalue weighted by molar-refractivity contribution is -0.123. The van der Waals surface area contributed by atoms with Crippen molar-refractivity contribution >= 4 is 17.6 Å². The van der Waals surface area contributed by atoms with Crippen LogP contribution in [0.1, 0.15) is 54.6 Å². The van der Waals surface area contributed by atoms with Gasteiger partial charge in [0.15, 0.2) is 6.10 Å². The van der Waals surface area contributed by atoms with Crippen LogP contribution >= 0.6 is 0 Å². The normalized spacial score (nSPS) is 13.0. The van der Waals surface area contributed by atoms with E-state index in [-0.39, 0.29) is 5.56 Å². The molecular formula is C21H24FNO3. The number of carbonyl (C=O) groups is 2. The lowest BCUT2D eigenvalue weighted by Crippen LogP contribution is -2.30. The molecule has 138 valence electrons. The third-order valence-corrected chi connectivity index (χ3v) is 4.42. The van der Waals surface area contributed by atoms with Gasteiger partial charge in [-0.25, -0.2) is 9.18 Å². The zero-order valence-electron chi connectivity index (χ0n) is 15.5. The molecule has 0 fully saturated rings. The quantitative estimate of drug-likeness (QED) is 0.753. The van der Waals surface area contributed by atoms with E-state index in [9.17, 15) is 14.0 Å². The van der Waals surface area contributed by atoms with Crippen molar-refractivity contribution in [2.45, 2.75) is 46.1 Å². The molecule has 0 heterocycles. The molecule has 0 aliphatic heterocycles. The van der Waals surface area contributed by atoms with Gasteiger partial charge in [-0.2, -0.15) is 0 Å². The molecule has 0 aromatic heterocycles. The summed E-state index contributed by atoms with van der Waals surface area (Å²) in [6.07, 6.45) is -0.0620. The van der Waals surface area contributed by atoms with Gasteiger partial charge in [0.1, 0.15) is 5.82 Å². The van der Waals surface area contributed by atoms with Crippen molar-refractivity contribution < 1.29 is 18.7 Å². The molecule has 2 aromatic rings. The van der Waals surface area contributed by atoms with E-state index in [1.54, 1.807) is 6.92 Å². The van der Waals surface area contributed by atoms with Crippen molar-refractivity contribution in [2.24, 2.45) is 0 Å². The molecule has 2 atom stereocenters. The molecule has 5 heteroatoms. The SMILES string of the molecule is CC[C@@H](C)c1ccccc1NC(=O)[C@@H](C)OC(=O)c1ccc(C)c(F)c1. The van der Waals surface area contributed by atoms with Crippen molar-refractivity contribution in [1.82, 2.24) is 0 Å². The Morgan fingerprint density at radius 1 is 1.15 bits per heavy atom. The average molecular weight is 357 g/mol. The highest BCUT2D eigenvalue weighted by atomic mass is 19.1. The summed E-state index contributed by atoms with van der Waals surface area (Å²) >= 11 is 0. The van der Waals surface area contributed by atoms with E-state index in [4.69, 9.17) is 4.74 Å². The molecule has 0 aliphatic carbocycles. The molecule has 2 aromatic carbocycles. The summed E-state index contributed by atoms with van der Waals surface area (Å²) in [6, 6.07) is 11.6. The van der Waals surface area contributed by atoms with Crippen LogP contribution in [-0.2, 0) is 9.53 Å². The van der Waals surface area contributed by atoms with Crippen molar-refractivity contribution in [3.05, 3.63) is 65.0 Å². The maximum absolute atomic E-state index is 13.6. The van der Waals surface area contributed by atoms with Gasteiger partial charge in [-0.1, -0.05) is 38.1 Å². The highest BCUT2D eigenvalue weighted by Crippen LogP contribution is 2.26. The number of carbonyl (C=O) groups excluding carboxylic acids is 2. The number of amides is 1. The van der Waals surface area contributed by atoms with E-state index >= 15 is 0 Å². The van der Waals surface area contributed by atoms with Gasteiger partial charge < -0.3 is 10.1 Å². The molecule has 2 rings (SSSR count). The van der Waals surface area contributed by atoms with Crippen LogP contribution in [0.15, 0.2) is 42.5 Å². The molecule has 0 saturated carbocycles. The van der Waals surface area contributed by atoms with Gasteiger partial charge in [0, 0.05) is 5.69 Å². The van der Waals surface area contributed by atoms with Crippen LogP contribution in [0.3, 0.4) is 0 Å². The van der Waals surface area contributed by atoms with Gasteiger partial charge in [0.05, 0.1) is 5.56 Å². The maximum atomic E-state index is 13.6. The second kappa shape index (κ2) is 8.61. The summed E-state index contributed by atoms with van der Waals surface area (Å²) in [7, 11) is 0. The lowest BCUT2D eigenvalue weighted by atomic mass is 9.97. The number of aryl methyl sites for hydroxylation is 1. The van der Waals surface area contributed by atoms with E-state index in [0.717, 1.165) is 18.1 Å². The predicted molar refractivity (Wildman–Crippen MR) is 99.8 cm³/mol. The zero-order chi connectivity index (χ0) is 19.3. The molecule has 0 unspecified atom stereocenters. The van der Waals surface area contributed by atoms with E-state index in [1.807, 2.05) is 24.3 Å². The van der Waals surface area contributed by atoms with Gasteiger partial charge in [0.2, 0.25) is 0 Å². The van der Waals surface area contributed by atoms with E-state index < -0.39 is 23.8 Å². The number of para-hydroxylation sites is 1. The van der Waals surface area contributed by atoms with Crippen LogP contribution in [0.4, 0.5) is 10.1 Å². The Labute approximate surface area is 153 Å². The number of hydrogen-bond donors (Lipinski definition) is 1. The van der Waals surface area contributed by atoms with E-state index in [2.05, 4.69) is 19.2 Å². The molecule has 0 spiro atoms. The molecule has 1 N–H and O–H groups in total. The van der Waals surface area contributed by atoms with E-state index in [1.165, 1.54) is 19.1 Å². The van der Waals surface area contributed by atoms with Crippen LogP contribution in [0.25, 0.3) is 0 Å². The first-order valence-electron chi connectivity index (χ1n) is 8.70. The summed E-state index contributed by atoms with van der Waals surface area (Å²) in [5.41, 5.74) is 2.25. The Kier molecular flexibility index (Phi) is 6.50. The van der Waals surface area contributed by atoms with Gasteiger partial charge in [-0.3, -0.25) is 4.79 Å². The number of ether oxygens (including phenoxy) is 1. The van der Waals surface area contributed by atoms with Crippen molar-refractivity contribution in [2.75, 3.05) is 5.32 Å². The smallest absolute Gasteiger partial charge is 0.339 e. The summed E-state index contributed by atoms with van der Waals surface area (Å²) < 4.78 is 18.8. The van der Waals surface area contributed by atoms with Crippen LogP contribution in [-0.4, -0.2) is 18.0 Å². The number of anilines is 1. The Hall–Kier alpha value is -2.69. The molecule has 0 bridgehead atoms. The average Bonchev–Trinajstić information content (AvgIpc) is 2.63. The summed E-state index contributed by atoms with van der Waals surface area (Å²) in [5.74, 6) is -1.36. The molecule has 4 nitrogen and oxygen atoms in total. The molecule has 0 radical (unpaired) electrons. The molecule has 26 heavy (non-hydrogen) atoms. The molecule has 0 aliphatic rings. The van der Waals surface area contributed by atoms with Crippen molar-refractivity contribution in [3.63, 3.8) is 0 Å². The molecule has 0 saturated heterocycles.